The molecule has 1 aliphatic carbocycles. The number of guanidine groups is 1. The molecule has 1 aromatic rings. The first-order chi connectivity index (χ1) is 10.1. The highest BCUT2D eigenvalue weighted by Gasteiger charge is 2.33. The molecule has 0 saturated heterocycles. The Hall–Kier alpha value is -1.31. The molecule has 122 valence electrons. The molecule has 6 heteroatoms. The molecular weight excluding hydrogens is 391 g/mol. The van der Waals surface area contributed by atoms with Gasteiger partial charge < -0.3 is 16.0 Å². The molecule has 1 amide bonds. The van der Waals surface area contributed by atoms with Crippen molar-refractivity contribution in [3.63, 3.8) is 0 Å². The molecule has 0 radical (unpaired) electrons. The second kappa shape index (κ2) is 8.97. The fraction of sp³-hybridized carbons (Fsp3) is 0.500. The van der Waals surface area contributed by atoms with Crippen LogP contribution in [0.5, 0.6) is 0 Å². The van der Waals surface area contributed by atoms with Crippen LogP contribution in [0.2, 0.25) is 0 Å². The van der Waals surface area contributed by atoms with E-state index in [0.717, 1.165) is 24.0 Å². The Bertz CT molecular complexity index is 515. The molecule has 0 bridgehead atoms. The summed E-state index contributed by atoms with van der Waals surface area (Å²) in [4.78, 5) is 16.1. The van der Waals surface area contributed by atoms with Crippen LogP contribution in [0, 0.1) is 5.92 Å². The molecule has 0 aliphatic heterocycles. The molecule has 22 heavy (non-hydrogen) atoms. The zero-order valence-electron chi connectivity index (χ0n) is 13.3. The first kappa shape index (κ1) is 18.7. The van der Waals surface area contributed by atoms with Gasteiger partial charge in [0.25, 0.3) is 5.91 Å². The lowest BCUT2D eigenvalue weighted by Gasteiger charge is -2.10. The Kier molecular flexibility index (Phi) is 7.64. The van der Waals surface area contributed by atoms with Crippen LogP contribution in [0.4, 0.5) is 0 Å². The fourth-order valence-corrected chi connectivity index (χ4v) is 2.10. The normalized spacial score (nSPS) is 19.9. The van der Waals surface area contributed by atoms with E-state index < -0.39 is 0 Å². The highest BCUT2D eigenvalue weighted by Crippen LogP contribution is 2.28. The lowest BCUT2D eigenvalue weighted by Crippen LogP contribution is -2.39. The van der Waals surface area contributed by atoms with Crippen LogP contribution in [0.3, 0.4) is 0 Å². The summed E-state index contributed by atoms with van der Waals surface area (Å²) in [6.45, 7) is 5.75. The number of carbonyl (C=O) groups is 1. The van der Waals surface area contributed by atoms with Crippen molar-refractivity contribution < 1.29 is 4.79 Å². The van der Waals surface area contributed by atoms with Gasteiger partial charge >= 0.3 is 0 Å². The molecule has 1 aliphatic rings. The average Bonchev–Trinajstić information content (AvgIpc) is 3.20. The summed E-state index contributed by atoms with van der Waals surface area (Å²) < 4.78 is 0. The van der Waals surface area contributed by atoms with E-state index in [9.17, 15) is 4.79 Å². The maximum atomic E-state index is 11.5. The van der Waals surface area contributed by atoms with Gasteiger partial charge in [-0.05, 0) is 37.0 Å². The number of hydrogen-bond acceptors (Lipinski definition) is 2. The zero-order valence-corrected chi connectivity index (χ0v) is 15.7. The van der Waals surface area contributed by atoms with Gasteiger partial charge in [0.1, 0.15) is 0 Å². The zero-order chi connectivity index (χ0) is 15.2. The molecule has 5 nitrogen and oxygen atoms in total. The molecule has 0 aromatic heterocycles. The standard InChI is InChI=1S/C16H24N4O.HI/c1-4-18-16(20-14-9-11(14)2)19-10-12-5-7-13(8-6-12)15(21)17-3;/h5-8,11,14H,4,9-10H2,1-3H3,(H,17,21)(H2,18,19,20);1H. The lowest BCUT2D eigenvalue weighted by molar-refractivity contribution is 0.0963. The number of halogens is 1. The topological polar surface area (TPSA) is 65.5 Å². The van der Waals surface area contributed by atoms with Crippen LogP contribution < -0.4 is 16.0 Å². The molecular formula is C16H25IN4O. The van der Waals surface area contributed by atoms with Crippen molar-refractivity contribution in [3.8, 4) is 0 Å². The quantitative estimate of drug-likeness (QED) is 0.392. The maximum absolute atomic E-state index is 11.5. The van der Waals surface area contributed by atoms with E-state index >= 15 is 0 Å². The number of hydrogen-bond donors (Lipinski definition) is 3. The summed E-state index contributed by atoms with van der Waals surface area (Å²) in [7, 11) is 1.63. The molecule has 1 aromatic carbocycles. The van der Waals surface area contributed by atoms with Gasteiger partial charge in [-0.15, -0.1) is 24.0 Å². The molecule has 2 unspecified atom stereocenters. The van der Waals surface area contributed by atoms with Crippen LogP contribution in [0.25, 0.3) is 0 Å². The molecule has 2 rings (SSSR count). The van der Waals surface area contributed by atoms with Gasteiger partial charge in [-0.3, -0.25) is 4.79 Å². The Balaban J connectivity index is 0.00000242. The fourth-order valence-electron chi connectivity index (χ4n) is 2.10. The minimum atomic E-state index is -0.0669. The van der Waals surface area contributed by atoms with Crippen LogP contribution in [0.1, 0.15) is 36.2 Å². The van der Waals surface area contributed by atoms with Crippen LogP contribution in [0.15, 0.2) is 29.3 Å². The Morgan fingerprint density at radius 3 is 2.45 bits per heavy atom. The molecule has 0 heterocycles. The first-order valence-electron chi connectivity index (χ1n) is 7.50. The monoisotopic (exact) mass is 416 g/mol. The van der Waals surface area contributed by atoms with Crippen molar-refractivity contribution in [1.29, 1.82) is 0 Å². The Morgan fingerprint density at radius 2 is 1.95 bits per heavy atom. The summed E-state index contributed by atoms with van der Waals surface area (Å²) in [6, 6.07) is 8.09. The smallest absolute Gasteiger partial charge is 0.251 e. The molecule has 3 N–H and O–H groups in total. The largest absolute Gasteiger partial charge is 0.357 e. The van der Waals surface area contributed by atoms with E-state index in [-0.39, 0.29) is 29.9 Å². The highest BCUT2D eigenvalue weighted by atomic mass is 127. The third kappa shape index (κ3) is 5.47. The van der Waals surface area contributed by atoms with Gasteiger partial charge in [-0.25, -0.2) is 4.99 Å². The number of nitrogens with one attached hydrogen (secondary N) is 3. The van der Waals surface area contributed by atoms with Gasteiger partial charge in [0.2, 0.25) is 0 Å². The van der Waals surface area contributed by atoms with Crippen molar-refractivity contribution in [1.82, 2.24) is 16.0 Å². The summed E-state index contributed by atoms with van der Waals surface area (Å²) >= 11 is 0. The second-order valence-electron chi connectivity index (χ2n) is 5.44. The van der Waals surface area contributed by atoms with Gasteiger partial charge in [0.15, 0.2) is 5.96 Å². The third-order valence-electron chi connectivity index (χ3n) is 3.64. The van der Waals surface area contributed by atoms with Gasteiger partial charge in [0.05, 0.1) is 6.54 Å². The maximum Gasteiger partial charge on any atom is 0.251 e. The summed E-state index contributed by atoms with van der Waals surface area (Å²) in [5.74, 6) is 1.53. The molecule has 2 atom stereocenters. The second-order valence-corrected chi connectivity index (χ2v) is 5.44. The van der Waals surface area contributed by atoms with Crippen molar-refractivity contribution in [3.05, 3.63) is 35.4 Å². The predicted octanol–water partition coefficient (Wildman–Crippen LogP) is 2.13. The summed E-state index contributed by atoms with van der Waals surface area (Å²) in [5, 5.41) is 9.30. The lowest BCUT2D eigenvalue weighted by atomic mass is 10.1. The molecule has 1 saturated carbocycles. The van der Waals surface area contributed by atoms with Gasteiger partial charge in [-0.1, -0.05) is 19.1 Å². The van der Waals surface area contributed by atoms with Crippen LogP contribution in [-0.2, 0) is 6.54 Å². The number of amides is 1. The van der Waals surface area contributed by atoms with Crippen molar-refractivity contribution in [2.75, 3.05) is 13.6 Å². The van der Waals surface area contributed by atoms with E-state index in [1.165, 1.54) is 6.42 Å². The van der Waals surface area contributed by atoms with E-state index in [2.05, 4.69) is 34.8 Å². The Labute approximate surface area is 149 Å². The SMILES string of the molecule is CCNC(=NCc1ccc(C(=O)NC)cc1)NC1CC1C.I. The van der Waals surface area contributed by atoms with Gasteiger partial charge in [0, 0.05) is 25.2 Å². The summed E-state index contributed by atoms with van der Waals surface area (Å²) in [5.41, 5.74) is 1.76. The van der Waals surface area contributed by atoms with E-state index in [4.69, 9.17) is 0 Å². The molecule has 0 spiro atoms. The van der Waals surface area contributed by atoms with E-state index in [1.807, 2.05) is 24.3 Å². The van der Waals surface area contributed by atoms with E-state index in [0.29, 0.717) is 18.2 Å². The van der Waals surface area contributed by atoms with Crippen molar-refractivity contribution >= 4 is 35.8 Å². The number of aliphatic imine (C=N–C) groups is 1. The van der Waals surface area contributed by atoms with Crippen molar-refractivity contribution in [2.24, 2.45) is 10.9 Å². The van der Waals surface area contributed by atoms with Crippen molar-refractivity contribution in [2.45, 2.75) is 32.9 Å². The molecule has 1 fully saturated rings. The van der Waals surface area contributed by atoms with Crippen LogP contribution >= 0.6 is 24.0 Å². The number of carbonyl (C=O) groups excluding carboxylic acids is 1. The number of nitrogens with zero attached hydrogens (tertiary/aromatic N) is 1. The first-order valence-corrected chi connectivity index (χ1v) is 7.50. The number of benzene rings is 1. The highest BCUT2D eigenvalue weighted by molar-refractivity contribution is 14.0. The van der Waals surface area contributed by atoms with Gasteiger partial charge in [-0.2, -0.15) is 0 Å². The average molecular weight is 416 g/mol. The summed E-state index contributed by atoms with van der Waals surface area (Å²) in [6.07, 6.45) is 1.21. The third-order valence-corrected chi connectivity index (χ3v) is 3.64. The minimum absolute atomic E-state index is 0. The predicted molar refractivity (Wildman–Crippen MR) is 101 cm³/mol. The number of rotatable bonds is 5. The Morgan fingerprint density at radius 1 is 1.32 bits per heavy atom. The minimum Gasteiger partial charge on any atom is -0.357 e. The van der Waals surface area contributed by atoms with E-state index in [1.54, 1.807) is 7.05 Å². The van der Waals surface area contributed by atoms with Crippen LogP contribution in [-0.4, -0.2) is 31.5 Å².